The number of rotatable bonds is 7. The molecule has 0 radical (unpaired) electrons. The van der Waals surface area contributed by atoms with Crippen LogP contribution in [0.25, 0.3) is 0 Å². The minimum absolute atomic E-state index is 0.327. The lowest BCUT2D eigenvalue weighted by Crippen LogP contribution is -2.43. The van der Waals surface area contributed by atoms with Gasteiger partial charge in [-0.15, -0.1) is 0 Å². The summed E-state index contributed by atoms with van der Waals surface area (Å²) in [5.41, 5.74) is -0.168. The number of aryl methyl sites for hydroxylation is 1. The minimum atomic E-state index is -1.40. The molecule has 1 fully saturated rings. The molecular weight excluding hydrogens is 294 g/mol. The van der Waals surface area contributed by atoms with Crippen molar-refractivity contribution in [1.82, 2.24) is 5.32 Å². The number of carbonyl (C=O) groups is 2. The molecule has 0 heterocycles. The van der Waals surface area contributed by atoms with Crippen LogP contribution in [0.1, 0.15) is 44.1 Å². The first-order valence-electron chi connectivity index (χ1n) is 8.30. The van der Waals surface area contributed by atoms with Gasteiger partial charge in [0, 0.05) is 6.54 Å². The maximum atomic E-state index is 11.9. The van der Waals surface area contributed by atoms with Crippen molar-refractivity contribution in [2.45, 2.75) is 50.5 Å². The van der Waals surface area contributed by atoms with E-state index in [1.165, 1.54) is 5.56 Å². The number of hydrogen-bond acceptors (Lipinski definition) is 4. The standard InChI is InChI=1S/C18H25NO4/c20-16(19-13-7-10-15-8-3-1-4-9-15)14-23-17(21)18(22)11-5-2-6-12-18/h1,3-4,8-9,22H,2,5-7,10-14H2,(H,19,20). The smallest absolute Gasteiger partial charge is 0.338 e. The Balaban J connectivity index is 1.60. The lowest BCUT2D eigenvalue weighted by molar-refractivity contribution is -0.170. The number of ether oxygens (including phenoxy) is 1. The second kappa shape index (κ2) is 8.67. The third-order valence-corrected chi connectivity index (χ3v) is 4.20. The molecule has 2 N–H and O–H groups in total. The van der Waals surface area contributed by atoms with Crippen molar-refractivity contribution >= 4 is 11.9 Å². The predicted octanol–water partition coefficient (Wildman–Crippen LogP) is 1.97. The van der Waals surface area contributed by atoms with Crippen molar-refractivity contribution in [2.75, 3.05) is 13.2 Å². The average molecular weight is 319 g/mol. The highest BCUT2D eigenvalue weighted by Crippen LogP contribution is 2.28. The molecule has 1 aromatic rings. The summed E-state index contributed by atoms with van der Waals surface area (Å²) in [6, 6.07) is 10.1. The van der Waals surface area contributed by atoms with Crippen LogP contribution in [0, 0.1) is 0 Å². The highest BCUT2D eigenvalue weighted by Gasteiger charge is 2.38. The fourth-order valence-corrected chi connectivity index (χ4v) is 2.82. The summed E-state index contributed by atoms with van der Waals surface area (Å²) in [5.74, 6) is -0.998. The largest absolute Gasteiger partial charge is 0.453 e. The number of carbonyl (C=O) groups excluding carboxylic acids is 2. The molecule has 0 aliphatic heterocycles. The molecule has 0 unspecified atom stereocenters. The van der Waals surface area contributed by atoms with Crippen LogP contribution in [0.3, 0.4) is 0 Å². The normalized spacial score (nSPS) is 16.6. The van der Waals surface area contributed by atoms with Crippen molar-refractivity contribution in [2.24, 2.45) is 0 Å². The summed E-state index contributed by atoms with van der Waals surface area (Å²) in [4.78, 5) is 23.6. The maximum Gasteiger partial charge on any atom is 0.338 e. The van der Waals surface area contributed by atoms with E-state index in [-0.39, 0.29) is 12.5 Å². The number of aliphatic hydroxyl groups is 1. The molecule has 5 heteroatoms. The Morgan fingerprint density at radius 1 is 1.13 bits per heavy atom. The summed E-state index contributed by atoms with van der Waals surface area (Å²) in [6.07, 6.45) is 5.22. The highest BCUT2D eigenvalue weighted by atomic mass is 16.6. The van der Waals surface area contributed by atoms with Crippen LogP contribution in [0.2, 0.25) is 0 Å². The maximum absolute atomic E-state index is 11.9. The molecule has 5 nitrogen and oxygen atoms in total. The monoisotopic (exact) mass is 319 g/mol. The van der Waals surface area contributed by atoms with E-state index in [0.717, 1.165) is 32.1 Å². The molecule has 0 bridgehead atoms. The van der Waals surface area contributed by atoms with Gasteiger partial charge in [-0.05, 0) is 44.1 Å². The van der Waals surface area contributed by atoms with E-state index in [1.807, 2.05) is 18.2 Å². The minimum Gasteiger partial charge on any atom is -0.453 e. The molecule has 1 aliphatic carbocycles. The van der Waals surface area contributed by atoms with Crippen LogP contribution < -0.4 is 5.32 Å². The van der Waals surface area contributed by atoms with Gasteiger partial charge in [0.05, 0.1) is 0 Å². The fourth-order valence-electron chi connectivity index (χ4n) is 2.82. The number of hydrogen-bond donors (Lipinski definition) is 2. The highest BCUT2D eigenvalue weighted by molar-refractivity contribution is 5.84. The Kier molecular flexibility index (Phi) is 6.59. The number of amides is 1. The third-order valence-electron chi connectivity index (χ3n) is 4.20. The van der Waals surface area contributed by atoms with Crippen LogP contribution in [-0.2, 0) is 20.7 Å². The van der Waals surface area contributed by atoms with E-state index in [0.29, 0.717) is 19.4 Å². The lowest BCUT2D eigenvalue weighted by Gasteiger charge is -2.29. The Morgan fingerprint density at radius 3 is 2.52 bits per heavy atom. The summed E-state index contributed by atoms with van der Waals surface area (Å²) in [6.45, 7) is 0.210. The van der Waals surface area contributed by atoms with Gasteiger partial charge in [0.25, 0.3) is 5.91 Å². The zero-order chi connectivity index (χ0) is 16.5. The van der Waals surface area contributed by atoms with Crippen molar-refractivity contribution in [3.8, 4) is 0 Å². The second-order valence-corrected chi connectivity index (χ2v) is 6.11. The van der Waals surface area contributed by atoms with Crippen LogP contribution in [-0.4, -0.2) is 35.7 Å². The quantitative estimate of drug-likeness (QED) is 0.595. The van der Waals surface area contributed by atoms with Gasteiger partial charge in [0.1, 0.15) is 0 Å². The topological polar surface area (TPSA) is 75.6 Å². The molecule has 1 aromatic carbocycles. The van der Waals surface area contributed by atoms with Crippen LogP contribution in [0.5, 0.6) is 0 Å². The van der Waals surface area contributed by atoms with Crippen molar-refractivity contribution < 1.29 is 19.4 Å². The summed E-state index contributed by atoms with van der Waals surface area (Å²) in [7, 11) is 0. The zero-order valence-electron chi connectivity index (χ0n) is 13.4. The first-order chi connectivity index (χ1) is 11.1. The number of esters is 1. The molecule has 2 rings (SSSR count). The van der Waals surface area contributed by atoms with Crippen LogP contribution >= 0.6 is 0 Å². The molecule has 1 saturated carbocycles. The van der Waals surface area contributed by atoms with Crippen molar-refractivity contribution in [1.29, 1.82) is 0 Å². The molecular formula is C18H25NO4. The molecule has 1 amide bonds. The van der Waals surface area contributed by atoms with E-state index in [2.05, 4.69) is 17.4 Å². The SMILES string of the molecule is O=C(COC(=O)C1(O)CCCCC1)NCCCc1ccccc1. The Bertz CT molecular complexity index is 509. The molecule has 1 aliphatic rings. The summed E-state index contributed by atoms with van der Waals surface area (Å²) >= 11 is 0. The molecule has 0 saturated heterocycles. The Hall–Kier alpha value is -1.88. The fraction of sp³-hybridized carbons (Fsp3) is 0.556. The van der Waals surface area contributed by atoms with E-state index in [1.54, 1.807) is 0 Å². The first-order valence-corrected chi connectivity index (χ1v) is 8.30. The predicted molar refractivity (Wildman–Crippen MR) is 86.8 cm³/mol. The van der Waals surface area contributed by atoms with Crippen LogP contribution in [0.15, 0.2) is 30.3 Å². The van der Waals surface area contributed by atoms with E-state index in [9.17, 15) is 14.7 Å². The van der Waals surface area contributed by atoms with Gasteiger partial charge in [-0.1, -0.05) is 36.8 Å². The number of nitrogens with one attached hydrogen (secondary N) is 1. The summed E-state index contributed by atoms with van der Waals surface area (Å²) in [5, 5.41) is 12.9. The van der Waals surface area contributed by atoms with Gasteiger partial charge in [-0.2, -0.15) is 0 Å². The third kappa shape index (κ3) is 5.67. The van der Waals surface area contributed by atoms with E-state index in [4.69, 9.17) is 4.74 Å². The first kappa shape index (κ1) is 17.5. The average Bonchev–Trinajstić information content (AvgIpc) is 2.58. The Morgan fingerprint density at radius 2 is 1.83 bits per heavy atom. The van der Waals surface area contributed by atoms with Crippen molar-refractivity contribution in [3.05, 3.63) is 35.9 Å². The van der Waals surface area contributed by atoms with Gasteiger partial charge in [0.2, 0.25) is 0 Å². The van der Waals surface area contributed by atoms with Gasteiger partial charge in [0.15, 0.2) is 12.2 Å². The lowest BCUT2D eigenvalue weighted by atomic mass is 9.85. The molecule has 0 aromatic heterocycles. The molecule has 23 heavy (non-hydrogen) atoms. The van der Waals surface area contributed by atoms with Gasteiger partial charge < -0.3 is 15.2 Å². The molecule has 0 spiro atoms. The molecule has 126 valence electrons. The Labute approximate surface area is 137 Å². The van der Waals surface area contributed by atoms with Gasteiger partial charge in [-0.3, -0.25) is 4.79 Å². The zero-order valence-corrected chi connectivity index (χ0v) is 13.4. The second-order valence-electron chi connectivity index (χ2n) is 6.11. The van der Waals surface area contributed by atoms with E-state index >= 15 is 0 Å². The summed E-state index contributed by atoms with van der Waals surface area (Å²) < 4.78 is 4.96. The van der Waals surface area contributed by atoms with Gasteiger partial charge in [-0.25, -0.2) is 4.79 Å². The van der Waals surface area contributed by atoms with Crippen LogP contribution in [0.4, 0.5) is 0 Å². The van der Waals surface area contributed by atoms with E-state index < -0.39 is 11.6 Å². The van der Waals surface area contributed by atoms with Crippen molar-refractivity contribution in [3.63, 3.8) is 0 Å². The molecule has 0 atom stereocenters. The number of benzene rings is 1. The van der Waals surface area contributed by atoms with Gasteiger partial charge >= 0.3 is 5.97 Å².